The topological polar surface area (TPSA) is 64.7 Å². The third-order valence-corrected chi connectivity index (χ3v) is 5.51. The van der Waals surface area contributed by atoms with E-state index in [9.17, 15) is 9.59 Å². The normalized spacial score (nSPS) is 28.6. The van der Waals surface area contributed by atoms with Crippen molar-refractivity contribution >= 4 is 11.8 Å². The summed E-state index contributed by atoms with van der Waals surface area (Å²) < 4.78 is 0. The first kappa shape index (κ1) is 17.7. The van der Waals surface area contributed by atoms with Crippen LogP contribution in [0.2, 0.25) is 0 Å². The second-order valence-corrected chi connectivity index (χ2v) is 7.85. The summed E-state index contributed by atoms with van der Waals surface area (Å²) in [4.78, 5) is 28.5. The number of carbonyl (C=O) groups is 2. The van der Waals surface area contributed by atoms with Crippen molar-refractivity contribution in [1.29, 1.82) is 0 Å². The maximum absolute atomic E-state index is 12.2. The van der Waals surface area contributed by atoms with E-state index in [1.165, 1.54) is 25.7 Å². The molecule has 3 rings (SSSR count). The van der Waals surface area contributed by atoms with Crippen molar-refractivity contribution in [3.63, 3.8) is 0 Å². The van der Waals surface area contributed by atoms with E-state index >= 15 is 0 Å². The number of hydrogen-bond donors (Lipinski definition) is 2. The van der Waals surface area contributed by atoms with Crippen molar-refractivity contribution in [1.82, 2.24) is 20.4 Å². The van der Waals surface area contributed by atoms with Gasteiger partial charge in [-0.25, -0.2) is 0 Å². The van der Waals surface area contributed by atoms with Crippen LogP contribution in [-0.2, 0) is 9.59 Å². The number of carbonyl (C=O) groups excluding carboxylic acids is 2. The fraction of sp³-hybridized carbons (Fsp3) is 0.889. The lowest BCUT2D eigenvalue weighted by atomic mass is 9.87. The molecular weight excluding hydrogens is 304 g/mol. The molecule has 136 valence electrons. The molecule has 0 aromatic heterocycles. The first-order valence-corrected chi connectivity index (χ1v) is 9.63. The van der Waals surface area contributed by atoms with Gasteiger partial charge in [-0.05, 0) is 31.6 Å². The van der Waals surface area contributed by atoms with Crippen molar-refractivity contribution in [3.05, 3.63) is 0 Å². The van der Waals surface area contributed by atoms with Crippen LogP contribution in [-0.4, -0.2) is 73.0 Å². The summed E-state index contributed by atoms with van der Waals surface area (Å²) in [6.07, 6.45) is 7.15. The van der Waals surface area contributed by atoms with Crippen LogP contribution >= 0.6 is 0 Å². The zero-order chi connectivity index (χ0) is 16.9. The highest BCUT2D eigenvalue weighted by atomic mass is 16.2. The minimum absolute atomic E-state index is 0.143. The Bertz CT molecular complexity index is 444. The molecule has 2 unspecified atom stereocenters. The zero-order valence-corrected chi connectivity index (χ0v) is 14.9. The first-order chi connectivity index (χ1) is 11.6. The molecule has 0 bridgehead atoms. The fourth-order valence-electron chi connectivity index (χ4n) is 3.83. The van der Waals surface area contributed by atoms with Crippen LogP contribution in [0.25, 0.3) is 0 Å². The number of piperazine rings is 1. The highest BCUT2D eigenvalue weighted by Crippen LogP contribution is 2.23. The van der Waals surface area contributed by atoms with Crippen LogP contribution in [0.3, 0.4) is 0 Å². The Hall–Kier alpha value is -1.14. The molecule has 0 aromatic rings. The summed E-state index contributed by atoms with van der Waals surface area (Å²) in [6, 6.07) is 0.930. The Kier molecular flexibility index (Phi) is 6.11. The summed E-state index contributed by atoms with van der Waals surface area (Å²) in [6.45, 7) is 6.26. The van der Waals surface area contributed by atoms with Gasteiger partial charge in [0.25, 0.3) is 0 Å². The maximum atomic E-state index is 12.2. The molecule has 2 saturated carbocycles. The Morgan fingerprint density at radius 2 is 1.75 bits per heavy atom. The Labute approximate surface area is 145 Å². The van der Waals surface area contributed by atoms with Gasteiger partial charge in [-0.1, -0.05) is 19.8 Å². The lowest BCUT2D eigenvalue weighted by Crippen LogP contribution is -2.53. The van der Waals surface area contributed by atoms with E-state index in [0.29, 0.717) is 25.2 Å². The molecule has 0 aromatic carbocycles. The van der Waals surface area contributed by atoms with Gasteiger partial charge in [-0.2, -0.15) is 0 Å². The van der Waals surface area contributed by atoms with Crippen molar-refractivity contribution in [3.8, 4) is 0 Å². The molecule has 3 aliphatic rings. The van der Waals surface area contributed by atoms with Gasteiger partial charge in [0.05, 0.1) is 13.1 Å². The summed E-state index contributed by atoms with van der Waals surface area (Å²) >= 11 is 0. The van der Waals surface area contributed by atoms with Gasteiger partial charge in [-0.15, -0.1) is 0 Å². The SMILES string of the molecule is CC1CCCC(NC(=O)CN2CCN(C(=O)CNC3CC3)CC2)C1. The lowest BCUT2D eigenvalue weighted by molar-refractivity contribution is -0.132. The largest absolute Gasteiger partial charge is 0.352 e. The highest BCUT2D eigenvalue weighted by molar-refractivity contribution is 5.79. The third kappa shape index (κ3) is 5.45. The first-order valence-electron chi connectivity index (χ1n) is 9.63. The summed E-state index contributed by atoms with van der Waals surface area (Å²) in [7, 11) is 0. The van der Waals surface area contributed by atoms with Gasteiger partial charge in [-0.3, -0.25) is 14.5 Å². The summed E-state index contributed by atoms with van der Waals surface area (Å²) in [5.74, 6) is 1.06. The number of hydrogen-bond acceptors (Lipinski definition) is 4. The molecule has 1 saturated heterocycles. The smallest absolute Gasteiger partial charge is 0.236 e. The van der Waals surface area contributed by atoms with E-state index in [2.05, 4.69) is 22.5 Å². The zero-order valence-electron chi connectivity index (χ0n) is 14.9. The Morgan fingerprint density at radius 1 is 1.00 bits per heavy atom. The van der Waals surface area contributed by atoms with Gasteiger partial charge in [0.1, 0.15) is 0 Å². The van der Waals surface area contributed by atoms with Gasteiger partial charge < -0.3 is 15.5 Å². The van der Waals surface area contributed by atoms with Crippen LogP contribution in [0.4, 0.5) is 0 Å². The maximum Gasteiger partial charge on any atom is 0.236 e. The van der Waals surface area contributed by atoms with Crippen LogP contribution in [0, 0.1) is 5.92 Å². The minimum atomic E-state index is 0.143. The van der Waals surface area contributed by atoms with Gasteiger partial charge >= 0.3 is 0 Å². The number of amides is 2. The molecule has 0 spiro atoms. The molecule has 2 aliphatic carbocycles. The molecule has 0 radical (unpaired) electrons. The molecule has 2 N–H and O–H groups in total. The van der Waals surface area contributed by atoms with Crippen molar-refractivity contribution in [2.45, 2.75) is 57.5 Å². The number of nitrogens with zero attached hydrogens (tertiary/aromatic N) is 2. The predicted octanol–water partition coefficient (Wildman–Crippen LogP) is 0.578. The molecule has 2 amide bonds. The average molecular weight is 336 g/mol. The number of rotatable bonds is 6. The van der Waals surface area contributed by atoms with E-state index in [0.717, 1.165) is 44.9 Å². The summed E-state index contributed by atoms with van der Waals surface area (Å²) in [5.41, 5.74) is 0. The van der Waals surface area contributed by atoms with Crippen LogP contribution in [0.1, 0.15) is 45.4 Å². The molecule has 6 heteroatoms. The van der Waals surface area contributed by atoms with Crippen LogP contribution in [0.15, 0.2) is 0 Å². The molecule has 3 fully saturated rings. The van der Waals surface area contributed by atoms with E-state index in [1.807, 2.05) is 4.90 Å². The third-order valence-electron chi connectivity index (χ3n) is 5.51. The molecule has 24 heavy (non-hydrogen) atoms. The van der Waals surface area contributed by atoms with Crippen LogP contribution in [0.5, 0.6) is 0 Å². The monoisotopic (exact) mass is 336 g/mol. The van der Waals surface area contributed by atoms with E-state index in [4.69, 9.17) is 0 Å². The quantitative estimate of drug-likeness (QED) is 0.745. The second kappa shape index (κ2) is 8.30. The average Bonchev–Trinajstić information content (AvgIpc) is 3.37. The molecule has 6 nitrogen and oxygen atoms in total. The Morgan fingerprint density at radius 3 is 2.42 bits per heavy atom. The standard InChI is InChI=1S/C18H32N4O2/c1-14-3-2-4-16(11-14)20-17(23)13-21-7-9-22(10-8-21)18(24)12-19-15-5-6-15/h14-16,19H,2-13H2,1H3,(H,20,23). The lowest BCUT2D eigenvalue weighted by Gasteiger charge is -2.35. The van der Waals surface area contributed by atoms with Crippen molar-refractivity contribution in [2.24, 2.45) is 5.92 Å². The van der Waals surface area contributed by atoms with Crippen LogP contribution < -0.4 is 10.6 Å². The molecular formula is C18H32N4O2. The van der Waals surface area contributed by atoms with E-state index < -0.39 is 0 Å². The van der Waals surface area contributed by atoms with Gasteiger partial charge in [0.2, 0.25) is 11.8 Å². The van der Waals surface area contributed by atoms with Gasteiger partial charge in [0.15, 0.2) is 0 Å². The molecule has 1 aliphatic heterocycles. The van der Waals surface area contributed by atoms with Crippen molar-refractivity contribution < 1.29 is 9.59 Å². The predicted molar refractivity (Wildman–Crippen MR) is 93.6 cm³/mol. The van der Waals surface area contributed by atoms with E-state index in [-0.39, 0.29) is 11.8 Å². The minimum Gasteiger partial charge on any atom is -0.352 e. The Balaban J connectivity index is 1.32. The molecule has 1 heterocycles. The summed E-state index contributed by atoms with van der Waals surface area (Å²) in [5, 5.41) is 6.48. The second-order valence-electron chi connectivity index (χ2n) is 7.85. The van der Waals surface area contributed by atoms with E-state index in [1.54, 1.807) is 0 Å². The number of nitrogens with one attached hydrogen (secondary N) is 2. The fourth-order valence-corrected chi connectivity index (χ4v) is 3.83. The highest BCUT2D eigenvalue weighted by Gasteiger charge is 2.26. The van der Waals surface area contributed by atoms with Gasteiger partial charge in [0, 0.05) is 38.3 Å². The molecule has 2 atom stereocenters. The van der Waals surface area contributed by atoms with Crippen molar-refractivity contribution in [2.75, 3.05) is 39.3 Å².